The molecule has 1 amide bonds. The van der Waals surface area contributed by atoms with Gasteiger partial charge in [0.1, 0.15) is 0 Å². The van der Waals surface area contributed by atoms with Gasteiger partial charge in [-0.05, 0) is 24.6 Å². The minimum atomic E-state index is -4.55. The number of aromatic nitrogens is 3. The molecule has 0 bridgehead atoms. The second kappa shape index (κ2) is 8.66. The van der Waals surface area contributed by atoms with Crippen LogP contribution in [0.2, 0.25) is 0 Å². The van der Waals surface area contributed by atoms with Gasteiger partial charge in [0.2, 0.25) is 6.35 Å². The third-order valence-electron chi connectivity index (χ3n) is 6.47. The minimum absolute atomic E-state index is 0.0338. The Morgan fingerprint density at radius 2 is 2.06 bits per heavy atom. The van der Waals surface area contributed by atoms with Crippen molar-refractivity contribution in [2.24, 2.45) is 0 Å². The molecular formula is C23H22F5N5O3. The van der Waals surface area contributed by atoms with Crippen LogP contribution in [0.1, 0.15) is 59.7 Å². The minimum Gasteiger partial charge on any atom is -0.345 e. The average Bonchev–Trinajstić information content (AvgIpc) is 3.47. The first kappa shape index (κ1) is 24.4. The molecule has 3 heterocycles. The Hall–Kier alpha value is -3.32. The Balaban J connectivity index is 1.54. The average molecular weight is 511 g/mol. The number of carbonyl (C=O) groups is 1. The number of nitrogens with zero attached hydrogens (tertiary/aromatic N) is 3. The molecule has 1 aliphatic carbocycles. The van der Waals surface area contributed by atoms with Crippen LogP contribution in [-0.4, -0.2) is 39.3 Å². The lowest BCUT2D eigenvalue weighted by Gasteiger charge is -2.36. The van der Waals surface area contributed by atoms with E-state index in [1.807, 2.05) is 0 Å². The molecule has 5 rings (SSSR count). The van der Waals surface area contributed by atoms with Gasteiger partial charge >= 0.3 is 6.18 Å². The van der Waals surface area contributed by atoms with Crippen LogP contribution >= 0.6 is 0 Å². The molecule has 2 aliphatic rings. The Kier molecular flexibility index (Phi) is 5.86. The summed E-state index contributed by atoms with van der Waals surface area (Å²) < 4.78 is 74.5. The van der Waals surface area contributed by atoms with E-state index >= 15 is 0 Å². The lowest BCUT2D eigenvalue weighted by atomic mass is 9.87. The highest BCUT2D eigenvalue weighted by Crippen LogP contribution is 2.45. The number of halogens is 5. The van der Waals surface area contributed by atoms with Crippen LogP contribution in [0.15, 0.2) is 41.5 Å². The molecule has 36 heavy (non-hydrogen) atoms. The molecule has 1 unspecified atom stereocenters. The molecule has 2 aromatic heterocycles. The molecule has 1 aliphatic heterocycles. The summed E-state index contributed by atoms with van der Waals surface area (Å²) in [6.45, 7) is 2.40. The van der Waals surface area contributed by atoms with E-state index in [-0.39, 0.29) is 22.0 Å². The van der Waals surface area contributed by atoms with Crippen molar-refractivity contribution < 1.29 is 31.5 Å². The quantitative estimate of drug-likeness (QED) is 0.510. The predicted molar refractivity (Wildman–Crippen MR) is 118 cm³/mol. The van der Waals surface area contributed by atoms with Crippen LogP contribution in [0.4, 0.5) is 22.0 Å². The van der Waals surface area contributed by atoms with Crippen LogP contribution in [0, 0.1) is 0 Å². The van der Waals surface area contributed by atoms with Gasteiger partial charge in [0.15, 0.2) is 0 Å². The fourth-order valence-corrected chi connectivity index (χ4v) is 4.54. The summed E-state index contributed by atoms with van der Waals surface area (Å²) in [5, 5.41) is 9.92. The molecular weight excluding hydrogens is 489 g/mol. The fourth-order valence-electron chi connectivity index (χ4n) is 4.54. The van der Waals surface area contributed by atoms with Gasteiger partial charge in [-0.3, -0.25) is 14.9 Å². The van der Waals surface area contributed by atoms with Gasteiger partial charge in [0.25, 0.3) is 17.4 Å². The topological polar surface area (TPSA) is 90.2 Å². The largest absolute Gasteiger partial charge is 0.416 e. The maximum Gasteiger partial charge on any atom is 0.416 e. The molecule has 192 valence electrons. The van der Waals surface area contributed by atoms with E-state index in [2.05, 4.69) is 15.7 Å². The number of hydrogen-bond donors (Lipinski definition) is 2. The third kappa shape index (κ3) is 4.37. The number of hydrogen-bond acceptors (Lipinski definition) is 5. The van der Waals surface area contributed by atoms with Crippen molar-refractivity contribution >= 4 is 16.8 Å². The van der Waals surface area contributed by atoms with E-state index < -0.39 is 60.4 Å². The van der Waals surface area contributed by atoms with E-state index in [1.54, 1.807) is 0 Å². The summed E-state index contributed by atoms with van der Waals surface area (Å²) in [4.78, 5) is 26.5. The molecule has 0 radical (unpaired) electrons. The van der Waals surface area contributed by atoms with Gasteiger partial charge in [-0.2, -0.15) is 18.3 Å². The second-order valence-electron chi connectivity index (χ2n) is 9.02. The Morgan fingerprint density at radius 3 is 2.69 bits per heavy atom. The number of amides is 1. The summed E-state index contributed by atoms with van der Waals surface area (Å²) in [7, 11) is 0. The van der Waals surface area contributed by atoms with Gasteiger partial charge in [-0.15, -0.1) is 0 Å². The summed E-state index contributed by atoms with van der Waals surface area (Å²) in [6.07, 6.45) is -3.91. The van der Waals surface area contributed by atoms with E-state index in [1.165, 1.54) is 36.1 Å². The molecule has 2 N–H and O–H groups in total. The smallest absolute Gasteiger partial charge is 0.345 e. The maximum atomic E-state index is 13.5. The van der Waals surface area contributed by atoms with Crippen molar-refractivity contribution in [3.63, 3.8) is 0 Å². The van der Waals surface area contributed by atoms with Gasteiger partial charge in [0, 0.05) is 31.6 Å². The standard InChI is InChI=1S/C23H22F5N5O3/c1-12(13-3-2-4-14(7-13)23(26,27)28)31-19(34)17-11-32(15-8-22(24,25)9-15)20(35)16-10-30-33(18(16)17)21-29-5-6-36-21/h2-4,7,10-12,15,21,29H,5-6,8-9H2,1H3,(H,31,34)/t12-,21?/m1/s1. The number of alkyl halides is 5. The number of pyridine rings is 1. The lowest BCUT2D eigenvalue weighted by molar-refractivity contribution is -0.137. The van der Waals surface area contributed by atoms with Crippen molar-refractivity contribution in [1.82, 2.24) is 25.0 Å². The van der Waals surface area contributed by atoms with E-state index in [9.17, 15) is 31.5 Å². The number of carbonyl (C=O) groups excluding carboxylic acids is 1. The van der Waals surface area contributed by atoms with E-state index in [0.29, 0.717) is 13.2 Å². The number of benzene rings is 1. The van der Waals surface area contributed by atoms with Crippen molar-refractivity contribution in [3.8, 4) is 0 Å². The first-order chi connectivity index (χ1) is 16.9. The van der Waals surface area contributed by atoms with Crippen LogP contribution in [0.5, 0.6) is 0 Å². The predicted octanol–water partition coefficient (Wildman–Crippen LogP) is 3.75. The normalized spacial score (nSPS) is 20.9. The van der Waals surface area contributed by atoms with Gasteiger partial charge in [-0.25, -0.2) is 13.5 Å². The van der Waals surface area contributed by atoms with Gasteiger partial charge < -0.3 is 14.6 Å². The van der Waals surface area contributed by atoms with Gasteiger partial charge in [0.05, 0.1) is 40.9 Å². The van der Waals surface area contributed by atoms with Crippen LogP contribution in [-0.2, 0) is 10.9 Å². The Morgan fingerprint density at radius 1 is 1.31 bits per heavy atom. The molecule has 0 spiro atoms. The molecule has 8 nitrogen and oxygen atoms in total. The molecule has 13 heteroatoms. The molecule has 2 atom stereocenters. The lowest BCUT2D eigenvalue weighted by Crippen LogP contribution is -2.41. The van der Waals surface area contributed by atoms with Crippen LogP contribution in [0.25, 0.3) is 10.9 Å². The zero-order valence-electron chi connectivity index (χ0n) is 19.0. The Labute approximate surface area is 201 Å². The highest BCUT2D eigenvalue weighted by Gasteiger charge is 2.47. The van der Waals surface area contributed by atoms with Gasteiger partial charge in [-0.1, -0.05) is 12.1 Å². The monoisotopic (exact) mass is 511 g/mol. The molecule has 2 fully saturated rings. The SMILES string of the molecule is C[C@@H](NC(=O)c1cn(C2CC(F)(F)C2)c(=O)c2cnn(C3NCCO3)c12)c1cccc(C(F)(F)F)c1. The maximum absolute atomic E-state index is 13.5. The zero-order valence-corrected chi connectivity index (χ0v) is 19.0. The third-order valence-corrected chi connectivity index (χ3v) is 6.47. The first-order valence-corrected chi connectivity index (χ1v) is 11.3. The molecule has 1 saturated carbocycles. The van der Waals surface area contributed by atoms with Crippen molar-refractivity contribution in [2.45, 2.75) is 50.3 Å². The molecule has 1 aromatic carbocycles. The summed E-state index contributed by atoms with van der Waals surface area (Å²) in [5.74, 6) is -3.60. The van der Waals surface area contributed by atoms with Crippen LogP contribution in [0.3, 0.4) is 0 Å². The summed E-state index contributed by atoms with van der Waals surface area (Å²) in [5.41, 5.74) is -1.11. The Bertz CT molecular complexity index is 1370. The number of rotatable bonds is 5. The highest BCUT2D eigenvalue weighted by atomic mass is 19.4. The second-order valence-corrected chi connectivity index (χ2v) is 9.02. The number of fused-ring (bicyclic) bond motifs is 1. The van der Waals surface area contributed by atoms with Crippen LogP contribution < -0.4 is 16.2 Å². The number of ether oxygens (including phenoxy) is 1. The van der Waals surface area contributed by atoms with Crippen molar-refractivity contribution in [1.29, 1.82) is 0 Å². The summed E-state index contributed by atoms with van der Waals surface area (Å²) >= 11 is 0. The molecule has 3 aromatic rings. The van der Waals surface area contributed by atoms with Crippen molar-refractivity contribution in [3.05, 3.63) is 63.7 Å². The van der Waals surface area contributed by atoms with E-state index in [4.69, 9.17) is 4.74 Å². The highest BCUT2D eigenvalue weighted by molar-refractivity contribution is 6.05. The van der Waals surface area contributed by atoms with E-state index in [0.717, 1.165) is 16.7 Å². The number of nitrogens with one attached hydrogen (secondary N) is 2. The van der Waals surface area contributed by atoms with Crippen molar-refractivity contribution in [2.75, 3.05) is 13.2 Å². The molecule has 1 saturated heterocycles. The summed E-state index contributed by atoms with van der Waals surface area (Å²) in [6, 6.07) is 2.94. The zero-order chi connectivity index (χ0) is 25.8. The fraction of sp³-hybridized carbons (Fsp3) is 0.435. The first-order valence-electron chi connectivity index (χ1n) is 11.3.